The summed E-state index contributed by atoms with van der Waals surface area (Å²) in [4.78, 5) is 3.93. The van der Waals surface area contributed by atoms with E-state index in [2.05, 4.69) is 10.1 Å². The molecule has 0 amide bonds. The van der Waals surface area contributed by atoms with Crippen molar-refractivity contribution in [2.24, 2.45) is 10.9 Å². The molecule has 0 radical (unpaired) electrons. The monoisotopic (exact) mass is 253 g/mol. The molecule has 0 aliphatic rings. The van der Waals surface area contributed by atoms with E-state index >= 15 is 0 Å². The number of hydrogen-bond donors (Lipinski definition) is 2. The standard InChI is InChI=1S/C12H19N3O3/c1-12(2,3)18-7-6-17-10-8-14-5-4-9(10)11(13)15-16/h4-5,8,16H,6-7H2,1-3H3,(H2,13,15). The van der Waals surface area contributed by atoms with Crippen molar-refractivity contribution in [2.75, 3.05) is 13.2 Å². The third-order valence-corrected chi connectivity index (χ3v) is 2.04. The van der Waals surface area contributed by atoms with Crippen LogP contribution in [0.2, 0.25) is 0 Å². The average Bonchev–Trinajstić information content (AvgIpc) is 2.33. The van der Waals surface area contributed by atoms with Gasteiger partial charge in [0.1, 0.15) is 12.4 Å². The van der Waals surface area contributed by atoms with Crippen molar-refractivity contribution in [3.8, 4) is 5.75 Å². The molecule has 1 aromatic heterocycles. The van der Waals surface area contributed by atoms with Crippen LogP contribution in [-0.4, -0.2) is 34.8 Å². The molecule has 0 fully saturated rings. The second-order valence-electron chi connectivity index (χ2n) is 4.67. The summed E-state index contributed by atoms with van der Waals surface area (Å²) in [6, 6.07) is 1.62. The van der Waals surface area contributed by atoms with Crippen LogP contribution in [0.5, 0.6) is 5.75 Å². The average molecular weight is 253 g/mol. The number of oxime groups is 1. The molecule has 1 rings (SSSR count). The lowest BCUT2D eigenvalue weighted by atomic mass is 10.2. The van der Waals surface area contributed by atoms with Gasteiger partial charge in [0.15, 0.2) is 5.84 Å². The topological polar surface area (TPSA) is 90.0 Å². The molecule has 0 saturated heterocycles. The summed E-state index contributed by atoms with van der Waals surface area (Å²) >= 11 is 0. The summed E-state index contributed by atoms with van der Waals surface area (Å²) in [7, 11) is 0. The molecule has 0 saturated carbocycles. The Labute approximate surface area is 106 Å². The van der Waals surface area contributed by atoms with Crippen LogP contribution in [-0.2, 0) is 4.74 Å². The molecule has 18 heavy (non-hydrogen) atoms. The third-order valence-electron chi connectivity index (χ3n) is 2.04. The van der Waals surface area contributed by atoms with Crippen molar-refractivity contribution in [1.82, 2.24) is 4.98 Å². The molecular formula is C12H19N3O3. The van der Waals surface area contributed by atoms with Crippen molar-refractivity contribution >= 4 is 5.84 Å². The maximum atomic E-state index is 8.65. The zero-order valence-corrected chi connectivity index (χ0v) is 10.9. The number of hydrogen-bond acceptors (Lipinski definition) is 5. The maximum absolute atomic E-state index is 8.65. The van der Waals surface area contributed by atoms with E-state index < -0.39 is 0 Å². The van der Waals surface area contributed by atoms with Crippen LogP contribution >= 0.6 is 0 Å². The number of amidine groups is 1. The van der Waals surface area contributed by atoms with Gasteiger partial charge in [-0.15, -0.1) is 0 Å². The van der Waals surface area contributed by atoms with Gasteiger partial charge in [0, 0.05) is 6.20 Å². The Kier molecular flexibility index (Phi) is 4.91. The molecule has 100 valence electrons. The first-order chi connectivity index (χ1) is 8.44. The molecule has 0 aliphatic carbocycles. The Bertz CT molecular complexity index is 413. The van der Waals surface area contributed by atoms with Crippen molar-refractivity contribution in [3.05, 3.63) is 24.0 Å². The smallest absolute Gasteiger partial charge is 0.173 e. The van der Waals surface area contributed by atoms with Crippen molar-refractivity contribution in [1.29, 1.82) is 0 Å². The largest absolute Gasteiger partial charge is 0.489 e. The molecule has 0 aromatic carbocycles. The Morgan fingerprint density at radius 1 is 1.44 bits per heavy atom. The highest BCUT2D eigenvalue weighted by Crippen LogP contribution is 2.16. The highest BCUT2D eigenvalue weighted by molar-refractivity contribution is 5.99. The van der Waals surface area contributed by atoms with Gasteiger partial charge in [0.25, 0.3) is 0 Å². The Hall–Kier alpha value is -1.82. The van der Waals surface area contributed by atoms with Gasteiger partial charge >= 0.3 is 0 Å². The molecule has 6 nitrogen and oxygen atoms in total. The van der Waals surface area contributed by atoms with Crippen LogP contribution in [0.15, 0.2) is 23.6 Å². The first-order valence-electron chi connectivity index (χ1n) is 5.62. The van der Waals surface area contributed by atoms with Crippen molar-refractivity contribution in [3.63, 3.8) is 0 Å². The summed E-state index contributed by atoms with van der Waals surface area (Å²) in [5, 5.41) is 11.6. The maximum Gasteiger partial charge on any atom is 0.173 e. The van der Waals surface area contributed by atoms with Crippen LogP contribution in [0, 0.1) is 0 Å². The van der Waals surface area contributed by atoms with Gasteiger partial charge < -0.3 is 20.4 Å². The second-order valence-corrected chi connectivity index (χ2v) is 4.67. The van der Waals surface area contributed by atoms with E-state index in [1.807, 2.05) is 20.8 Å². The molecule has 6 heteroatoms. The van der Waals surface area contributed by atoms with E-state index in [1.54, 1.807) is 12.3 Å². The quantitative estimate of drug-likeness (QED) is 0.272. The highest BCUT2D eigenvalue weighted by Gasteiger charge is 2.11. The number of ether oxygens (including phenoxy) is 2. The van der Waals surface area contributed by atoms with E-state index in [1.165, 1.54) is 6.20 Å². The zero-order valence-electron chi connectivity index (χ0n) is 10.9. The second kappa shape index (κ2) is 6.20. The minimum Gasteiger partial charge on any atom is -0.489 e. The summed E-state index contributed by atoms with van der Waals surface area (Å²) in [6.45, 7) is 6.74. The summed E-state index contributed by atoms with van der Waals surface area (Å²) in [5.74, 6) is 0.453. The van der Waals surface area contributed by atoms with Crippen LogP contribution in [0.25, 0.3) is 0 Å². The fraction of sp³-hybridized carbons (Fsp3) is 0.500. The number of nitrogens with two attached hydrogens (primary N) is 1. The van der Waals surface area contributed by atoms with E-state index in [4.69, 9.17) is 20.4 Å². The molecule has 1 heterocycles. The van der Waals surface area contributed by atoms with E-state index in [9.17, 15) is 0 Å². The van der Waals surface area contributed by atoms with E-state index in [-0.39, 0.29) is 11.4 Å². The normalized spacial score (nSPS) is 12.5. The minimum atomic E-state index is -0.202. The van der Waals surface area contributed by atoms with Gasteiger partial charge in [-0.2, -0.15) is 0 Å². The number of rotatable bonds is 5. The minimum absolute atomic E-state index is 0.0101. The van der Waals surface area contributed by atoms with Crippen molar-refractivity contribution < 1.29 is 14.7 Å². The van der Waals surface area contributed by atoms with Crippen LogP contribution in [0.4, 0.5) is 0 Å². The van der Waals surface area contributed by atoms with E-state index in [0.717, 1.165) is 0 Å². The fourth-order valence-corrected chi connectivity index (χ4v) is 1.26. The Morgan fingerprint density at radius 3 is 2.78 bits per heavy atom. The van der Waals surface area contributed by atoms with Gasteiger partial charge in [0.2, 0.25) is 0 Å². The molecule has 0 atom stereocenters. The van der Waals surface area contributed by atoms with Gasteiger partial charge in [-0.05, 0) is 26.8 Å². The first kappa shape index (κ1) is 14.2. The molecule has 1 aromatic rings. The summed E-state index contributed by atoms with van der Waals surface area (Å²) in [5.41, 5.74) is 5.83. The van der Waals surface area contributed by atoms with Crippen LogP contribution < -0.4 is 10.5 Å². The number of pyridine rings is 1. The zero-order chi connectivity index (χ0) is 13.6. The van der Waals surface area contributed by atoms with Crippen LogP contribution in [0.3, 0.4) is 0 Å². The molecule has 0 spiro atoms. The summed E-state index contributed by atoms with van der Waals surface area (Å²) in [6.07, 6.45) is 3.07. The molecule has 0 bridgehead atoms. The van der Waals surface area contributed by atoms with Gasteiger partial charge in [-0.25, -0.2) is 0 Å². The van der Waals surface area contributed by atoms with Gasteiger partial charge in [-0.1, -0.05) is 5.16 Å². The first-order valence-corrected chi connectivity index (χ1v) is 5.62. The Balaban J connectivity index is 2.57. The van der Waals surface area contributed by atoms with Gasteiger partial charge in [-0.3, -0.25) is 4.98 Å². The molecule has 0 unspecified atom stereocenters. The highest BCUT2D eigenvalue weighted by atomic mass is 16.5. The predicted molar refractivity (Wildman–Crippen MR) is 67.9 cm³/mol. The summed E-state index contributed by atoms with van der Waals surface area (Å²) < 4.78 is 11.0. The lowest BCUT2D eigenvalue weighted by Gasteiger charge is -2.19. The third kappa shape index (κ3) is 4.58. The lowest BCUT2D eigenvalue weighted by molar-refractivity contribution is -0.0163. The van der Waals surface area contributed by atoms with E-state index in [0.29, 0.717) is 24.5 Å². The molecular weight excluding hydrogens is 234 g/mol. The molecule has 0 aliphatic heterocycles. The SMILES string of the molecule is CC(C)(C)OCCOc1cnccc1/C(N)=N/O. The van der Waals surface area contributed by atoms with Gasteiger partial charge in [0.05, 0.1) is 24.0 Å². The number of nitrogens with zero attached hydrogens (tertiary/aromatic N) is 2. The van der Waals surface area contributed by atoms with Crippen molar-refractivity contribution in [2.45, 2.75) is 26.4 Å². The predicted octanol–water partition coefficient (Wildman–Crippen LogP) is 1.37. The Morgan fingerprint density at radius 2 is 2.17 bits per heavy atom. The number of aromatic nitrogens is 1. The van der Waals surface area contributed by atoms with Crippen LogP contribution in [0.1, 0.15) is 26.3 Å². The molecule has 3 N–H and O–H groups in total. The lowest BCUT2D eigenvalue weighted by Crippen LogP contribution is -2.23. The fourth-order valence-electron chi connectivity index (χ4n) is 1.26.